The average Bonchev–Trinajstić information content (AvgIpc) is 2.47. The highest BCUT2D eigenvalue weighted by Gasteiger charge is 2.12. The molecule has 3 nitrogen and oxygen atoms in total. The lowest BCUT2D eigenvalue weighted by molar-refractivity contribution is 0.221. The van der Waals surface area contributed by atoms with E-state index in [9.17, 15) is 0 Å². The number of piperidine rings is 1. The number of nitrogens with two attached hydrogens (primary N) is 1. The van der Waals surface area contributed by atoms with Crippen LogP contribution in [0.4, 0.5) is 0 Å². The van der Waals surface area contributed by atoms with Gasteiger partial charge in [-0.2, -0.15) is 0 Å². The second-order valence-electron chi connectivity index (χ2n) is 5.50. The van der Waals surface area contributed by atoms with Gasteiger partial charge >= 0.3 is 0 Å². The molecule has 1 heterocycles. The standard InChI is InChI=1S/C16H26N2O/c1-19-16-7-5-14(6-8-16)13-15(17)9-12-18-10-3-2-4-11-18/h5-8,15H,2-4,9-13,17H2,1H3. The largest absolute Gasteiger partial charge is 0.497 e. The van der Waals surface area contributed by atoms with E-state index in [2.05, 4.69) is 17.0 Å². The lowest BCUT2D eigenvalue weighted by Gasteiger charge is -2.27. The molecule has 1 aromatic carbocycles. The molecule has 19 heavy (non-hydrogen) atoms. The van der Waals surface area contributed by atoms with E-state index in [0.29, 0.717) is 0 Å². The Morgan fingerprint density at radius 1 is 1.16 bits per heavy atom. The molecule has 1 fully saturated rings. The van der Waals surface area contributed by atoms with Crippen LogP contribution in [-0.2, 0) is 6.42 Å². The van der Waals surface area contributed by atoms with Crippen molar-refractivity contribution in [1.82, 2.24) is 4.90 Å². The Hall–Kier alpha value is -1.06. The minimum atomic E-state index is 0.260. The predicted molar refractivity (Wildman–Crippen MR) is 79.6 cm³/mol. The van der Waals surface area contributed by atoms with E-state index in [0.717, 1.165) is 25.1 Å². The first kappa shape index (κ1) is 14.4. The second-order valence-corrected chi connectivity index (χ2v) is 5.50. The number of ether oxygens (including phenoxy) is 1. The summed E-state index contributed by atoms with van der Waals surface area (Å²) < 4.78 is 5.16. The molecule has 0 radical (unpaired) electrons. The third-order valence-electron chi connectivity index (χ3n) is 3.92. The summed E-state index contributed by atoms with van der Waals surface area (Å²) >= 11 is 0. The molecule has 0 amide bonds. The number of methoxy groups -OCH3 is 1. The quantitative estimate of drug-likeness (QED) is 0.856. The van der Waals surface area contributed by atoms with Crippen LogP contribution in [-0.4, -0.2) is 37.7 Å². The van der Waals surface area contributed by atoms with Crippen molar-refractivity contribution in [2.75, 3.05) is 26.7 Å². The van der Waals surface area contributed by atoms with Gasteiger partial charge in [0.1, 0.15) is 5.75 Å². The normalized spacial score (nSPS) is 18.2. The highest BCUT2D eigenvalue weighted by molar-refractivity contribution is 5.27. The van der Waals surface area contributed by atoms with Gasteiger partial charge in [-0.15, -0.1) is 0 Å². The lowest BCUT2D eigenvalue weighted by Crippen LogP contribution is -2.35. The van der Waals surface area contributed by atoms with Crippen molar-refractivity contribution in [2.24, 2.45) is 5.73 Å². The van der Waals surface area contributed by atoms with Crippen LogP contribution in [0.2, 0.25) is 0 Å². The summed E-state index contributed by atoms with van der Waals surface area (Å²) in [5, 5.41) is 0. The van der Waals surface area contributed by atoms with Crippen LogP contribution in [0, 0.1) is 0 Å². The van der Waals surface area contributed by atoms with Crippen LogP contribution in [0.5, 0.6) is 5.75 Å². The fraction of sp³-hybridized carbons (Fsp3) is 0.625. The summed E-state index contributed by atoms with van der Waals surface area (Å²) in [7, 11) is 1.69. The van der Waals surface area contributed by atoms with E-state index in [1.54, 1.807) is 7.11 Å². The van der Waals surface area contributed by atoms with Gasteiger partial charge in [-0.3, -0.25) is 0 Å². The van der Waals surface area contributed by atoms with E-state index >= 15 is 0 Å². The van der Waals surface area contributed by atoms with Gasteiger partial charge in [-0.1, -0.05) is 18.6 Å². The number of hydrogen-bond acceptors (Lipinski definition) is 3. The summed E-state index contributed by atoms with van der Waals surface area (Å²) in [6.07, 6.45) is 6.15. The van der Waals surface area contributed by atoms with E-state index in [4.69, 9.17) is 10.5 Å². The van der Waals surface area contributed by atoms with Gasteiger partial charge in [0, 0.05) is 6.04 Å². The molecular weight excluding hydrogens is 236 g/mol. The zero-order valence-electron chi connectivity index (χ0n) is 12.0. The summed E-state index contributed by atoms with van der Waals surface area (Å²) in [6, 6.07) is 8.49. The van der Waals surface area contributed by atoms with Gasteiger partial charge in [0.2, 0.25) is 0 Å². The first-order valence-corrected chi connectivity index (χ1v) is 7.39. The van der Waals surface area contributed by atoms with Crippen molar-refractivity contribution in [1.29, 1.82) is 0 Å². The summed E-state index contributed by atoms with van der Waals surface area (Å²) in [4.78, 5) is 2.55. The molecule has 1 aliphatic rings. The Labute approximate surface area is 116 Å². The van der Waals surface area contributed by atoms with Crippen molar-refractivity contribution in [2.45, 2.75) is 38.1 Å². The van der Waals surface area contributed by atoms with Gasteiger partial charge < -0.3 is 15.4 Å². The summed E-state index contributed by atoms with van der Waals surface area (Å²) in [5.74, 6) is 0.908. The Morgan fingerprint density at radius 3 is 2.47 bits per heavy atom. The minimum Gasteiger partial charge on any atom is -0.497 e. The summed E-state index contributed by atoms with van der Waals surface area (Å²) in [5.41, 5.74) is 7.53. The molecular formula is C16H26N2O. The summed E-state index contributed by atoms with van der Waals surface area (Å²) in [6.45, 7) is 3.67. The maximum Gasteiger partial charge on any atom is 0.118 e. The Bertz CT molecular complexity index is 358. The van der Waals surface area contributed by atoms with Crippen LogP contribution < -0.4 is 10.5 Å². The molecule has 3 heteroatoms. The van der Waals surface area contributed by atoms with Gasteiger partial charge in [-0.25, -0.2) is 0 Å². The molecule has 106 valence electrons. The third kappa shape index (κ3) is 4.84. The fourth-order valence-corrected chi connectivity index (χ4v) is 2.70. The molecule has 1 aromatic rings. The molecule has 0 aromatic heterocycles. The number of hydrogen-bond donors (Lipinski definition) is 1. The molecule has 2 N–H and O–H groups in total. The monoisotopic (exact) mass is 262 g/mol. The lowest BCUT2D eigenvalue weighted by atomic mass is 10.0. The zero-order chi connectivity index (χ0) is 13.5. The number of likely N-dealkylation sites (tertiary alicyclic amines) is 1. The fourth-order valence-electron chi connectivity index (χ4n) is 2.70. The Kier molecular flexibility index (Phi) is 5.67. The number of nitrogens with zero attached hydrogens (tertiary/aromatic N) is 1. The maximum atomic E-state index is 6.24. The van der Waals surface area contributed by atoms with Crippen LogP contribution in [0.15, 0.2) is 24.3 Å². The maximum absolute atomic E-state index is 6.24. The minimum absolute atomic E-state index is 0.260. The molecule has 0 bridgehead atoms. The van der Waals surface area contributed by atoms with Crippen LogP contribution in [0.25, 0.3) is 0 Å². The molecule has 0 aliphatic carbocycles. The van der Waals surface area contributed by atoms with Crippen LogP contribution >= 0.6 is 0 Å². The molecule has 2 rings (SSSR count). The van der Waals surface area contributed by atoms with E-state index in [1.165, 1.54) is 37.9 Å². The molecule has 1 aliphatic heterocycles. The molecule has 1 saturated heterocycles. The molecule has 1 unspecified atom stereocenters. The van der Waals surface area contributed by atoms with Crippen molar-refractivity contribution in [3.63, 3.8) is 0 Å². The van der Waals surface area contributed by atoms with E-state index in [1.807, 2.05) is 12.1 Å². The molecule has 1 atom stereocenters. The zero-order valence-corrected chi connectivity index (χ0v) is 12.0. The van der Waals surface area contributed by atoms with E-state index in [-0.39, 0.29) is 6.04 Å². The topological polar surface area (TPSA) is 38.5 Å². The number of benzene rings is 1. The van der Waals surface area contributed by atoms with Gasteiger partial charge in [0.15, 0.2) is 0 Å². The SMILES string of the molecule is COc1ccc(CC(N)CCN2CCCCC2)cc1. The van der Waals surface area contributed by atoms with Crippen molar-refractivity contribution >= 4 is 0 Å². The Morgan fingerprint density at radius 2 is 1.84 bits per heavy atom. The van der Waals surface area contributed by atoms with Crippen molar-refractivity contribution < 1.29 is 4.74 Å². The van der Waals surface area contributed by atoms with Gasteiger partial charge in [-0.05, 0) is 63.0 Å². The molecule has 0 saturated carbocycles. The van der Waals surface area contributed by atoms with Gasteiger partial charge in [0.05, 0.1) is 7.11 Å². The highest BCUT2D eigenvalue weighted by Crippen LogP contribution is 2.14. The average molecular weight is 262 g/mol. The van der Waals surface area contributed by atoms with Crippen LogP contribution in [0.1, 0.15) is 31.2 Å². The third-order valence-corrected chi connectivity index (χ3v) is 3.92. The predicted octanol–water partition coefficient (Wildman–Crippen LogP) is 2.44. The second kappa shape index (κ2) is 7.51. The van der Waals surface area contributed by atoms with Crippen molar-refractivity contribution in [3.05, 3.63) is 29.8 Å². The smallest absolute Gasteiger partial charge is 0.118 e. The number of rotatable bonds is 6. The van der Waals surface area contributed by atoms with E-state index < -0.39 is 0 Å². The van der Waals surface area contributed by atoms with Crippen LogP contribution in [0.3, 0.4) is 0 Å². The van der Waals surface area contributed by atoms with Crippen molar-refractivity contribution in [3.8, 4) is 5.75 Å². The highest BCUT2D eigenvalue weighted by atomic mass is 16.5. The first-order chi connectivity index (χ1) is 9.28. The van der Waals surface area contributed by atoms with Gasteiger partial charge in [0.25, 0.3) is 0 Å². The Balaban J connectivity index is 1.71. The first-order valence-electron chi connectivity index (χ1n) is 7.39. The molecule has 0 spiro atoms.